The number of benzene rings is 1. The number of amides is 4. The third-order valence-electron chi connectivity index (χ3n) is 5.19. The first-order valence-corrected chi connectivity index (χ1v) is 8.77. The Kier molecular flexibility index (Phi) is 4.54. The Morgan fingerprint density at radius 2 is 1.96 bits per heavy atom. The van der Waals surface area contributed by atoms with Crippen LogP contribution in [0.1, 0.15) is 48.5 Å². The molecule has 1 saturated carbocycles. The van der Waals surface area contributed by atoms with Crippen LogP contribution < -0.4 is 5.32 Å². The zero-order valence-corrected chi connectivity index (χ0v) is 15.0. The minimum Gasteiger partial charge on any atom is -0.345 e. The van der Waals surface area contributed by atoms with Gasteiger partial charge in [0, 0.05) is 19.7 Å². The van der Waals surface area contributed by atoms with Crippen LogP contribution in [0.3, 0.4) is 0 Å². The van der Waals surface area contributed by atoms with Gasteiger partial charge in [0.15, 0.2) is 0 Å². The van der Waals surface area contributed by atoms with Crippen molar-refractivity contribution in [3.05, 3.63) is 35.4 Å². The molecular weight excluding hydrogens is 318 g/mol. The molecule has 25 heavy (non-hydrogen) atoms. The number of carbonyl (C=O) groups is 3. The van der Waals surface area contributed by atoms with E-state index >= 15 is 0 Å². The van der Waals surface area contributed by atoms with E-state index in [4.69, 9.17) is 0 Å². The highest BCUT2D eigenvalue weighted by molar-refractivity contribution is 6.07. The molecule has 2 atom stereocenters. The van der Waals surface area contributed by atoms with Crippen LogP contribution in [0.5, 0.6) is 0 Å². The first kappa shape index (κ1) is 17.5. The molecular formula is C19H25N3O3. The minimum absolute atomic E-state index is 0.0725. The van der Waals surface area contributed by atoms with Crippen molar-refractivity contribution in [3.63, 3.8) is 0 Å². The Hall–Kier alpha value is -2.37. The van der Waals surface area contributed by atoms with Crippen molar-refractivity contribution in [2.24, 2.45) is 5.92 Å². The number of hydrogen-bond acceptors (Lipinski definition) is 3. The average Bonchev–Trinajstić information content (AvgIpc) is 2.78. The summed E-state index contributed by atoms with van der Waals surface area (Å²) in [6.45, 7) is 2.36. The van der Waals surface area contributed by atoms with E-state index < -0.39 is 5.54 Å². The average molecular weight is 343 g/mol. The Morgan fingerprint density at radius 1 is 1.28 bits per heavy atom. The van der Waals surface area contributed by atoms with E-state index in [0.29, 0.717) is 24.3 Å². The number of nitrogens with zero attached hydrogens (tertiary/aromatic N) is 2. The fourth-order valence-corrected chi connectivity index (χ4v) is 3.87. The van der Waals surface area contributed by atoms with Gasteiger partial charge in [0.05, 0.1) is 6.54 Å². The molecule has 1 aromatic rings. The van der Waals surface area contributed by atoms with Crippen LogP contribution in [0.25, 0.3) is 0 Å². The van der Waals surface area contributed by atoms with Gasteiger partial charge in [-0.3, -0.25) is 14.5 Å². The molecule has 1 aliphatic heterocycles. The minimum atomic E-state index is -0.713. The molecule has 1 aromatic carbocycles. The molecule has 4 amide bonds. The monoisotopic (exact) mass is 343 g/mol. The highest BCUT2D eigenvalue weighted by Gasteiger charge is 2.52. The lowest BCUT2D eigenvalue weighted by Crippen LogP contribution is -2.50. The molecule has 3 rings (SSSR count). The fraction of sp³-hybridized carbons (Fsp3) is 0.526. The van der Waals surface area contributed by atoms with Gasteiger partial charge in [-0.25, -0.2) is 4.79 Å². The molecule has 1 aliphatic carbocycles. The van der Waals surface area contributed by atoms with Gasteiger partial charge in [-0.05, 0) is 36.5 Å². The third-order valence-corrected chi connectivity index (χ3v) is 5.19. The molecule has 2 aliphatic rings. The van der Waals surface area contributed by atoms with Gasteiger partial charge in [-0.15, -0.1) is 0 Å². The summed E-state index contributed by atoms with van der Waals surface area (Å²) in [7, 11) is 3.40. The van der Waals surface area contributed by atoms with Crippen LogP contribution in [0, 0.1) is 5.92 Å². The summed E-state index contributed by atoms with van der Waals surface area (Å²) < 4.78 is 0. The Morgan fingerprint density at radius 3 is 2.56 bits per heavy atom. The van der Waals surface area contributed by atoms with E-state index in [1.165, 1.54) is 9.80 Å². The standard InChI is InChI=1S/C19H25N3O3/c1-13-5-4-10-19(11-13)17(24)22(18(25)20-19)12-14-6-8-15(9-7-14)16(23)21(2)3/h6-9,13H,4-5,10-12H2,1-3H3,(H,20,25)/t13-,19+/m0/s1. The number of nitrogens with one attached hydrogen (secondary N) is 1. The van der Waals surface area contributed by atoms with Gasteiger partial charge in [-0.1, -0.05) is 31.9 Å². The maximum atomic E-state index is 12.9. The summed E-state index contributed by atoms with van der Waals surface area (Å²) in [5.74, 6) is 0.253. The van der Waals surface area contributed by atoms with Crippen molar-refractivity contribution in [1.82, 2.24) is 15.1 Å². The van der Waals surface area contributed by atoms with Gasteiger partial charge >= 0.3 is 6.03 Å². The first-order valence-electron chi connectivity index (χ1n) is 8.77. The van der Waals surface area contributed by atoms with Crippen LogP contribution in [-0.2, 0) is 11.3 Å². The molecule has 0 bridgehead atoms. The molecule has 1 saturated heterocycles. The largest absolute Gasteiger partial charge is 0.345 e. The number of urea groups is 1. The lowest BCUT2D eigenvalue weighted by molar-refractivity contribution is -0.133. The second-order valence-electron chi connectivity index (χ2n) is 7.50. The highest BCUT2D eigenvalue weighted by Crippen LogP contribution is 2.37. The van der Waals surface area contributed by atoms with Crippen molar-refractivity contribution in [2.45, 2.75) is 44.7 Å². The van der Waals surface area contributed by atoms with E-state index in [-0.39, 0.29) is 24.4 Å². The number of hydrogen-bond donors (Lipinski definition) is 1. The Labute approximate surface area is 148 Å². The SMILES string of the molecule is C[C@H]1CCC[C@]2(C1)NC(=O)N(Cc1ccc(C(=O)N(C)C)cc1)C2=O. The molecule has 2 fully saturated rings. The summed E-state index contributed by atoms with van der Waals surface area (Å²) >= 11 is 0. The second-order valence-corrected chi connectivity index (χ2v) is 7.50. The van der Waals surface area contributed by atoms with Crippen molar-refractivity contribution in [3.8, 4) is 0 Å². The normalized spacial score (nSPS) is 26.0. The van der Waals surface area contributed by atoms with Crippen LogP contribution in [0.4, 0.5) is 4.79 Å². The van der Waals surface area contributed by atoms with Gasteiger partial charge in [0.2, 0.25) is 0 Å². The van der Waals surface area contributed by atoms with Gasteiger partial charge in [-0.2, -0.15) is 0 Å². The van der Waals surface area contributed by atoms with Crippen LogP contribution >= 0.6 is 0 Å². The van der Waals surface area contributed by atoms with E-state index in [0.717, 1.165) is 18.4 Å². The maximum absolute atomic E-state index is 12.9. The molecule has 0 radical (unpaired) electrons. The molecule has 1 N–H and O–H groups in total. The van der Waals surface area contributed by atoms with Crippen LogP contribution in [0.2, 0.25) is 0 Å². The lowest BCUT2D eigenvalue weighted by Gasteiger charge is -2.34. The van der Waals surface area contributed by atoms with Crippen molar-refractivity contribution in [1.29, 1.82) is 0 Å². The quantitative estimate of drug-likeness (QED) is 0.857. The van der Waals surface area contributed by atoms with E-state index in [2.05, 4.69) is 12.2 Å². The predicted molar refractivity (Wildman–Crippen MR) is 93.9 cm³/mol. The molecule has 134 valence electrons. The topological polar surface area (TPSA) is 69.7 Å². The third kappa shape index (κ3) is 3.25. The summed E-state index contributed by atoms with van der Waals surface area (Å²) in [4.78, 5) is 40.0. The summed E-state index contributed by atoms with van der Waals surface area (Å²) in [5.41, 5.74) is 0.707. The summed E-state index contributed by atoms with van der Waals surface area (Å²) in [6.07, 6.45) is 3.49. The van der Waals surface area contributed by atoms with E-state index in [1.54, 1.807) is 38.4 Å². The second kappa shape index (κ2) is 6.50. The van der Waals surface area contributed by atoms with Crippen molar-refractivity contribution >= 4 is 17.8 Å². The van der Waals surface area contributed by atoms with Crippen LogP contribution in [-0.4, -0.2) is 47.3 Å². The molecule has 1 spiro atoms. The smallest absolute Gasteiger partial charge is 0.325 e. The zero-order valence-electron chi connectivity index (χ0n) is 15.0. The van der Waals surface area contributed by atoms with Gasteiger partial charge < -0.3 is 10.2 Å². The Bertz CT molecular complexity index is 698. The number of carbonyl (C=O) groups excluding carboxylic acids is 3. The molecule has 0 aromatic heterocycles. The van der Waals surface area contributed by atoms with Crippen molar-refractivity contribution < 1.29 is 14.4 Å². The van der Waals surface area contributed by atoms with E-state index in [1.807, 2.05) is 0 Å². The lowest BCUT2D eigenvalue weighted by atomic mass is 9.76. The number of rotatable bonds is 3. The first-order chi connectivity index (χ1) is 11.8. The van der Waals surface area contributed by atoms with Crippen molar-refractivity contribution in [2.75, 3.05) is 14.1 Å². The molecule has 1 heterocycles. The summed E-state index contributed by atoms with van der Waals surface area (Å²) in [5, 5.41) is 2.94. The van der Waals surface area contributed by atoms with Gasteiger partial charge in [0.25, 0.3) is 11.8 Å². The molecule has 6 nitrogen and oxygen atoms in total. The van der Waals surface area contributed by atoms with Gasteiger partial charge in [0.1, 0.15) is 5.54 Å². The van der Waals surface area contributed by atoms with E-state index in [9.17, 15) is 14.4 Å². The summed E-state index contributed by atoms with van der Waals surface area (Å²) in [6, 6.07) is 6.74. The maximum Gasteiger partial charge on any atom is 0.325 e. The predicted octanol–water partition coefficient (Wildman–Crippen LogP) is 2.39. The molecule has 6 heteroatoms. The number of imide groups is 1. The van der Waals surface area contributed by atoms with Crippen LogP contribution in [0.15, 0.2) is 24.3 Å². The molecule has 0 unspecified atom stereocenters. The zero-order chi connectivity index (χ0) is 18.2. The fourth-order valence-electron chi connectivity index (χ4n) is 3.87. The highest BCUT2D eigenvalue weighted by atomic mass is 16.2. The Balaban J connectivity index is 1.73.